The Balaban J connectivity index is 1.49. The summed E-state index contributed by atoms with van der Waals surface area (Å²) in [6.45, 7) is 3.64. The van der Waals surface area contributed by atoms with Crippen LogP contribution in [0.15, 0.2) is 36.7 Å². The monoisotopic (exact) mass is 352 g/mol. The second-order valence-electron chi connectivity index (χ2n) is 7.12. The molecule has 1 atom stereocenters. The van der Waals surface area contributed by atoms with Crippen molar-refractivity contribution in [1.82, 2.24) is 14.5 Å². The van der Waals surface area contributed by atoms with Gasteiger partial charge in [-0.3, -0.25) is 9.59 Å². The average molecular weight is 352 g/mol. The molecule has 2 aromatic rings. The lowest BCUT2D eigenvalue weighted by molar-refractivity contribution is -0.132. The van der Waals surface area contributed by atoms with Crippen molar-refractivity contribution in [2.24, 2.45) is 0 Å². The van der Waals surface area contributed by atoms with Crippen LogP contribution in [-0.2, 0) is 22.6 Å². The van der Waals surface area contributed by atoms with E-state index in [1.807, 2.05) is 42.3 Å². The van der Waals surface area contributed by atoms with Crippen LogP contribution in [0, 0.1) is 6.92 Å². The number of imidazole rings is 1. The van der Waals surface area contributed by atoms with Gasteiger partial charge in [-0.2, -0.15) is 0 Å². The number of aryl methyl sites for hydroxylation is 2. The molecule has 0 N–H and O–H groups in total. The third kappa shape index (κ3) is 3.11. The maximum absolute atomic E-state index is 13.0. The molecule has 136 valence electrons. The highest BCUT2D eigenvalue weighted by Gasteiger charge is 2.32. The fraction of sp³-hybridized carbons (Fsp3) is 0.450. The van der Waals surface area contributed by atoms with Gasteiger partial charge < -0.3 is 14.4 Å². The van der Waals surface area contributed by atoms with Crippen molar-refractivity contribution in [1.29, 1.82) is 0 Å². The molecule has 1 fully saturated rings. The van der Waals surface area contributed by atoms with Crippen LogP contribution in [0.1, 0.15) is 30.7 Å². The Labute approximate surface area is 153 Å². The summed E-state index contributed by atoms with van der Waals surface area (Å²) in [6, 6.07) is 8.06. The second kappa shape index (κ2) is 6.94. The van der Waals surface area contributed by atoms with E-state index < -0.39 is 0 Å². The van der Waals surface area contributed by atoms with Crippen LogP contribution in [0.3, 0.4) is 0 Å². The lowest BCUT2D eigenvalue weighted by atomic mass is 10.0. The van der Waals surface area contributed by atoms with Gasteiger partial charge >= 0.3 is 0 Å². The maximum Gasteiger partial charge on any atom is 0.242 e. The molecule has 2 amide bonds. The highest BCUT2D eigenvalue weighted by atomic mass is 16.2. The Kier molecular flexibility index (Phi) is 4.49. The zero-order chi connectivity index (χ0) is 18.1. The van der Waals surface area contributed by atoms with Crippen molar-refractivity contribution in [3.63, 3.8) is 0 Å². The molecule has 4 rings (SSSR count). The minimum atomic E-state index is 0.0373. The number of anilines is 1. The highest BCUT2D eigenvalue weighted by Crippen LogP contribution is 2.28. The summed E-state index contributed by atoms with van der Waals surface area (Å²) < 4.78 is 2.09. The summed E-state index contributed by atoms with van der Waals surface area (Å²) in [5.74, 6) is 1.04. The molecule has 1 aromatic heterocycles. The molecule has 0 bridgehead atoms. The van der Waals surface area contributed by atoms with E-state index in [-0.39, 0.29) is 24.4 Å². The van der Waals surface area contributed by atoms with Gasteiger partial charge in [0.25, 0.3) is 0 Å². The fourth-order valence-electron chi connectivity index (χ4n) is 4.07. The van der Waals surface area contributed by atoms with Gasteiger partial charge in [0.05, 0.1) is 0 Å². The molecule has 2 aliphatic rings. The average Bonchev–Trinajstić information content (AvgIpc) is 3.27. The first kappa shape index (κ1) is 16.8. The quantitative estimate of drug-likeness (QED) is 0.847. The Morgan fingerprint density at radius 3 is 2.92 bits per heavy atom. The molecule has 1 saturated heterocycles. The van der Waals surface area contributed by atoms with E-state index in [9.17, 15) is 9.59 Å². The Morgan fingerprint density at radius 1 is 1.27 bits per heavy atom. The number of fused-ring (bicyclic) bond motifs is 1. The van der Waals surface area contributed by atoms with Crippen LogP contribution >= 0.6 is 0 Å². The summed E-state index contributed by atoms with van der Waals surface area (Å²) >= 11 is 0. The van der Waals surface area contributed by atoms with Crippen LogP contribution < -0.4 is 4.90 Å². The number of amides is 2. The zero-order valence-corrected chi connectivity index (χ0v) is 15.1. The number of rotatable bonds is 4. The number of aromatic nitrogens is 2. The van der Waals surface area contributed by atoms with Crippen LogP contribution in [-0.4, -0.2) is 45.4 Å². The standard InChI is InChI=1S/C20H24N4O2/c1-15-21-10-12-22(15)13-17-6-4-11-23(17)20(26)14-24-18-7-3-2-5-16(18)8-9-19(24)25/h2-3,5,7,10,12,17H,4,6,8-9,11,13-14H2,1H3. The van der Waals surface area contributed by atoms with E-state index in [4.69, 9.17) is 0 Å². The van der Waals surface area contributed by atoms with Crippen molar-refractivity contribution in [3.05, 3.63) is 48.0 Å². The minimum Gasteiger partial charge on any atom is -0.336 e. The predicted octanol–water partition coefficient (Wildman–Crippen LogP) is 2.16. The van der Waals surface area contributed by atoms with Crippen molar-refractivity contribution < 1.29 is 9.59 Å². The highest BCUT2D eigenvalue weighted by molar-refractivity contribution is 6.01. The lowest BCUT2D eigenvalue weighted by Gasteiger charge is -2.32. The predicted molar refractivity (Wildman–Crippen MR) is 98.8 cm³/mol. The van der Waals surface area contributed by atoms with Gasteiger partial charge in [0.2, 0.25) is 11.8 Å². The number of likely N-dealkylation sites (tertiary alicyclic amines) is 1. The molecule has 0 aliphatic carbocycles. The van der Waals surface area contributed by atoms with Crippen LogP contribution in [0.25, 0.3) is 0 Å². The Morgan fingerprint density at radius 2 is 2.12 bits per heavy atom. The first-order chi connectivity index (χ1) is 12.6. The summed E-state index contributed by atoms with van der Waals surface area (Å²) in [6.07, 6.45) is 6.98. The van der Waals surface area contributed by atoms with Gasteiger partial charge in [-0.25, -0.2) is 4.98 Å². The smallest absolute Gasteiger partial charge is 0.242 e. The molecular weight excluding hydrogens is 328 g/mol. The topological polar surface area (TPSA) is 58.4 Å². The molecule has 6 nitrogen and oxygen atoms in total. The van der Waals surface area contributed by atoms with Gasteiger partial charge in [0, 0.05) is 43.6 Å². The zero-order valence-electron chi connectivity index (χ0n) is 15.1. The van der Waals surface area contributed by atoms with E-state index in [2.05, 4.69) is 9.55 Å². The second-order valence-corrected chi connectivity index (χ2v) is 7.12. The van der Waals surface area contributed by atoms with Gasteiger partial charge in [-0.15, -0.1) is 0 Å². The van der Waals surface area contributed by atoms with E-state index in [1.165, 1.54) is 0 Å². The molecule has 6 heteroatoms. The molecule has 0 spiro atoms. The fourth-order valence-corrected chi connectivity index (χ4v) is 4.07. The number of benzene rings is 1. The van der Waals surface area contributed by atoms with E-state index in [0.29, 0.717) is 6.42 Å². The molecular formula is C20H24N4O2. The number of carbonyl (C=O) groups is 2. The molecule has 0 saturated carbocycles. The molecule has 0 radical (unpaired) electrons. The molecule has 26 heavy (non-hydrogen) atoms. The molecule has 1 unspecified atom stereocenters. The van der Waals surface area contributed by atoms with Crippen LogP contribution in [0.4, 0.5) is 5.69 Å². The van der Waals surface area contributed by atoms with Gasteiger partial charge in [0.1, 0.15) is 12.4 Å². The molecule has 3 heterocycles. The summed E-state index contributed by atoms with van der Waals surface area (Å²) in [5, 5.41) is 0. The van der Waals surface area contributed by atoms with E-state index in [1.54, 1.807) is 11.1 Å². The normalized spacial score (nSPS) is 19.7. The SMILES string of the molecule is Cc1nccn1CC1CCCN1C(=O)CN1C(=O)CCc2ccccc21. The third-order valence-corrected chi connectivity index (χ3v) is 5.51. The number of nitrogens with zero attached hydrogens (tertiary/aromatic N) is 4. The number of hydrogen-bond acceptors (Lipinski definition) is 3. The van der Waals surface area contributed by atoms with Crippen molar-refractivity contribution >= 4 is 17.5 Å². The van der Waals surface area contributed by atoms with Crippen LogP contribution in [0.2, 0.25) is 0 Å². The van der Waals surface area contributed by atoms with Crippen molar-refractivity contribution in [3.8, 4) is 0 Å². The van der Waals surface area contributed by atoms with E-state index in [0.717, 1.165) is 49.4 Å². The first-order valence-electron chi connectivity index (χ1n) is 9.29. The van der Waals surface area contributed by atoms with Crippen molar-refractivity contribution in [2.45, 2.75) is 45.2 Å². The van der Waals surface area contributed by atoms with Gasteiger partial charge in [-0.05, 0) is 37.8 Å². The maximum atomic E-state index is 13.0. The largest absolute Gasteiger partial charge is 0.336 e. The van der Waals surface area contributed by atoms with Crippen molar-refractivity contribution in [2.75, 3.05) is 18.0 Å². The van der Waals surface area contributed by atoms with Gasteiger partial charge in [-0.1, -0.05) is 18.2 Å². The number of para-hydroxylation sites is 1. The lowest BCUT2D eigenvalue weighted by Crippen LogP contribution is -2.47. The number of carbonyl (C=O) groups excluding carboxylic acids is 2. The Bertz CT molecular complexity index is 829. The summed E-state index contributed by atoms with van der Waals surface area (Å²) in [7, 11) is 0. The minimum absolute atomic E-state index is 0.0373. The number of hydrogen-bond donors (Lipinski definition) is 0. The summed E-state index contributed by atoms with van der Waals surface area (Å²) in [5.41, 5.74) is 2.03. The third-order valence-electron chi connectivity index (χ3n) is 5.51. The molecule has 2 aliphatic heterocycles. The first-order valence-corrected chi connectivity index (χ1v) is 9.29. The summed E-state index contributed by atoms with van der Waals surface area (Å²) in [4.78, 5) is 33.3. The van der Waals surface area contributed by atoms with Gasteiger partial charge in [0.15, 0.2) is 0 Å². The van der Waals surface area contributed by atoms with E-state index >= 15 is 0 Å². The Hall–Kier alpha value is -2.63. The molecule has 1 aromatic carbocycles. The van der Waals surface area contributed by atoms with Crippen LogP contribution in [0.5, 0.6) is 0 Å².